The van der Waals surface area contributed by atoms with Gasteiger partial charge in [0.1, 0.15) is 22.2 Å². The van der Waals surface area contributed by atoms with Crippen LogP contribution in [0.15, 0.2) is 77.5 Å². The molecule has 0 unspecified atom stereocenters. The number of nitrogens with one attached hydrogen (secondary N) is 1. The minimum absolute atomic E-state index is 0.0609. The van der Waals surface area contributed by atoms with Crippen LogP contribution < -0.4 is 15.0 Å². The second kappa shape index (κ2) is 8.97. The zero-order valence-corrected chi connectivity index (χ0v) is 18.6. The zero-order chi connectivity index (χ0) is 23.7. The fourth-order valence-corrected chi connectivity index (χ4v) is 3.43. The Morgan fingerprint density at radius 1 is 0.939 bits per heavy atom. The van der Waals surface area contributed by atoms with E-state index < -0.39 is 17.8 Å². The number of phenols is 1. The fraction of sp³-hybridized carbons (Fsp3) is 0.0417. The number of nitrogens with zero attached hydrogens (tertiary/aromatic N) is 1. The number of aryl methyl sites for hydroxylation is 1. The van der Waals surface area contributed by atoms with E-state index in [4.69, 9.17) is 27.9 Å². The number of hydrogen-bond donors (Lipinski definition) is 2. The molecule has 1 aliphatic rings. The minimum atomic E-state index is -0.654. The van der Waals surface area contributed by atoms with Gasteiger partial charge in [-0.3, -0.25) is 9.59 Å². The number of esters is 1. The highest BCUT2D eigenvalue weighted by Gasteiger charge is 2.38. The van der Waals surface area contributed by atoms with E-state index in [0.29, 0.717) is 11.4 Å². The smallest absolute Gasteiger partial charge is 0.343 e. The first-order valence-corrected chi connectivity index (χ1v) is 10.4. The highest BCUT2D eigenvalue weighted by molar-refractivity contribution is 6.53. The molecule has 0 spiro atoms. The summed E-state index contributed by atoms with van der Waals surface area (Å²) in [6.45, 7) is 1.90. The Morgan fingerprint density at radius 2 is 1.61 bits per heavy atom. The highest BCUT2D eigenvalue weighted by atomic mass is 35.5. The summed E-state index contributed by atoms with van der Waals surface area (Å²) in [6, 6.07) is 17.0. The third-order valence-electron chi connectivity index (χ3n) is 4.84. The number of phenolic OH excluding ortho intramolecular Hbond substituents is 1. The fourth-order valence-electron chi connectivity index (χ4n) is 3.10. The molecule has 3 aromatic rings. The average molecular weight is 483 g/mol. The number of ether oxygens (including phenoxy) is 1. The topological polar surface area (TPSA) is 95.9 Å². The molecule has 1 aliphatic heterocycles. The molecule has 4 rings (SSSR count). The van der Waals surface area contributed by atoms with Gasteiger partial charge in [0, 0.05) is 11.8 Å². The van der Waals surface area contributed by atoms with Crippen LogP contribution in [-0.4, -0.2) is 22.9 Å². The molecule has 3 aromatic carbocycles. The summed E-state index contributed by atoms with van der Waals surface area (Å²) in [5.74, 6) is -1.94. The van der Waals surface area contributed by atoms with Crippen molar-refractivity contribution in [2.45, 2.75) is 6.92 Å². The maximum absolute atomic E-state index is 12.8. The van der Waals surface area contributed by atoms with Gasteiger partial charge < -0.3 is 15.2 Å². The summed E-state index contributed by atoms with van der Waals surface area (Å²) >= 11 is 11.9. The van der Waals surface area contributed by atoms with E-state index in [1.54, 1.807) is 36.4 Å². The highest BCUT2D eigenvalue weighted by Crippen LogP contribution is 2.31. The lowest BCUT2D eigenvalue weighted by atomic mass is 10.2. The van der Waals surface area contributed by atoms with Crippen LogP contribution in [0.2, 0.25) is 5.02 Å². The summed E-state index contributed by atoms with van der Waals surface area (Å²) in [6.07, 6.45) is 0. The first-order chi connectivity index (χ1) is 15.7. The maximum Gasteiger partial charge on any atom is 0.343 e. The van der Waals surface area contributed by atoms with Gasteiger partial charge in [-0.05, 0) is 55.5 Å². The Bertz CT molecular complexity index is 1300. The Kier molecular flexibility index (Phi) is 6.09. The van der Waals surface area contributed by atoms with Crippen molar-refractivity contribution in [1.29, 1.82) is 0 Å². The number of carbonyl (C=O) groups is 3. The lowest BCUT2D eigenvalue weighted by molar-refractivity contribution is -0.120. The molecule has 0 fully saturated rings. The quantitative estimate of drug-likeness (QED) is 0.301. The first kappa shape index (κ1) is 22.4. The van der Waals surface area contributed by atoms with Gasteiger partial charge in [-0.15, -0.1) is 0 Å². The van der Waals surface area contributed by atoms with Crippen molar-refractivity contribution < 1.29 is 24.2 Å². The first-order valence-electron chi connectivity index (χ1n) is 9.67. The van der Waals surface area contributed by atoms with Crippen molar-refractivity contribution in [1.82, 2.24) is 0 Å². The van der Waals surface area contributed by atoms with Gasteiger partial charge in [-0.2, -0.15) is 0 Å². The van der Waals surface area contributed by atoms with E-state index in [1.807, 2.05) is 6.92 Å². The van der Waals surface area contributed by atoms with Crippen LogP contribution >= 0.6 is 23.2 Å². The van der Waals surface area contributed by atoms with Crippen molar-refractivity contribution in [2.75, 3.05) is 10.2 Å². The van der Waals surface area contributed by atoms with Crippen LogP contribution in [0.1, 0.15) is 15.9 Å². The lowest BCUT2D eigenvalue weighted by Gasteiger charge is -2.15. The molecular formula is C24H16Cl2N2O5. The molecule has 33 heavy (non-hydrogen) atoms. The average Bonchev–Trinajstić information content (AvgIpc) is 3.00. The van der Waals surface area contributed by atoms with Crippen molar-refractivity contribution in [2.24, 2.45) is 0 Å². The zero-order valence-electron chi connectivity index (χ0n) is 17.1. The Labute approximate surface area is 198 Å². The molecule has 0 saturated carbocycles. The second-order valence-corrected chi connectivity index (χ2v) is 7.96. The Balaban J connectivity index is 1.47. The molecule has 7 nitrogen and oxygen atoms in total. The molecule has 0 bridgehead atoms. The Hall–Kier alpha value is -3.81. The van der Waals surface area contributed by atoms with Gasteiger partial charge in [-0.25, -0.2) is 9.69 Å². The largest absolute Gasteiger partial charge is 0.506 e. The third-order valence-corrected chi connectivity index (χ3v) is 5.51. The lowest BCUT2D eigenvalue weighted by Crippen LogP contribution is -2.32. The van der Waals surface area contributed by atoms with Crippen molar-refractivity contribution in [3.8, 4) is 11.5 Å². The van der Waals surface area contributed by atoms with Crippen LogP contribution in [0.5, 0.6) is 11.5 Å². The predicted molar refractivity (Wildman–Crippen MR) is 125 cm³/mol. The number of rotatable bonds is 5. The van der Waals surface area contributed by atoms with Crippen molar-refractivity contribution in [3.05, 3.63) is 93.6 Å². The van der Waals surface area contributed by atoms with Crippen molar-refractivity contribution >= 4 is 52.4 Å². The number of amides is 2. The molecule has 2 N–H and O–H groups in total. The molecule has 9 heteroatoms. The number of hydrogen-bond acceptors (Lipinski definition) is 6. The normalized spacial score (nSPS) is 13.5. The van der Waals surface area contributed by atoms with E-state index >= 15 is 0 Å². The SMILES string of the molecule is Cc1ccc(N2C(=O)C(Cl)=C(Nc3ccc(C(=O)Oc4ccc(Cl)c(O)c4)cc3)C2=O)cc1. The molecule has 0 aromatic heterocycles. The van der Waals surface area contributed by atoms with Gasteiger partial charge in [0.25, 0.3) is 11.8 Å². The predicted octanol–water partition coefficient (Wildman–Crippen LogP) is 5.01. The summed E-state index contributed by atoms with van der Waals surface area (Å²) in [5.41, 5.74) is 2.01. The number of halogens is 2. The van der Waals surface area contributed by atoms with Gasteiger partial charge >= 0.3 is 5.97 Å². The third kappa shape index (κ3) is 4.55. The summed E-state index contributed by atoms with van der Waals surface area (Å²) < 4.78 is 5.22. The molecule has 1 heterocycles. The van der Waals surface area contributed by atoms with Crippen LogP contribution in [-0.2, 0) is 9.59 Å². The summed E-state index contributed by atoms with van der Waals surface area (Å²) in [7, 11) is 0. The number of carbonyl (C=O) groups excluding carboxylic acids is 3. The Morgan fingerprint density at radius 3 is 2.24 bits per heavy atom. The van der Waals surface area contributed by atoms with Crippen LogP contribution in [0, 0.1) is 6.92 Å². The summed E-state index contributed by atoms with van der Waals surface area (Å²) in [4.78, 5) is 38.7. The molecule has 0 radical (unpaired) electrons. The van der Waals surface area contributed by atoms with E-state index in [0.717, 1.165) is 10.5 Å². The summed E-state index contributed by atoms with van der Waals surface area (Å²) in [5, 5.41) is 12.4. The van der Waals surface area contributed by atoms with Crippen molar-refractivity contribution in [3.63, 3.8) is 0 Å². The second-order valence-electron chi connectivity index (χ2n) is 7.18. The van der Waals surface area contributed by atoms with Gasteiger partial charge in [0.05, 0.1) is 16.3 Å². The molecule has 2 amide bonds. The molecule has 0 atom stereocenters. The van der Waals surface area contributed by atoms with E-state index in [2.05, 4.69) is 5.32 Å². The van der Waals surface area contributed by atoms with Gasteiger partial charge in [0.2, 0.25) is 0 Å². The van der Waals surface area contributed by atoms with Crippen LogP contribution in [0.25, 0.3) is 0 Å². The minimum Gasteiger partial charge on any atom is -0.506 e. The van der Waals surface area contributed by atoms with Gasteiger partial charge in [0.15, 0.2) is 0 Å². The number of benzene rings is 3. The molecule has 166 valence electrons. The monoisotopic (exact) mass is 482 g/mol. The molecule has 0 aliphatic carbocycles. The molecule has 0 saturated heterocycles. The van der Waals surface area contributed by atoms with Gasteiger partial charge in [-0.1, -0.05) is 40.9 Å². The molecular weight excluding hydrogens is 467 g/mol. The van der Waals surface area contributed by atoms with Crippen LogP contribution in [0.4, 0.5) is 11.4 Å². The van der Waals surface area contributed by atoms with Crippen LogP contribution in [0.3, 0.4) is 0 Å². The number of anilines is 2. The van der Waals surface area contributed by atoms with E-state index in [-0.39, 0.29) is 32.8 Å². The van der Waals surface area contributed by atoms with E-state index in [1.165, 1.54) is 30.3 Å². The number of imide groups is 1. The maximum atomic E-state index is 12.8. The standard InChI is InChI=1S/C24H16Cl2N2O5/c1-13-2-8-16(9-3-13)28-22(30)20(26)21(23(28)31)27-15-6-4-14(5-7-15)24(32)33-17-10-11-18(25)19(29)12-17/h2-12,27,29H,1H3. The van der Waals surface area contributed by atoms with E-state index in [9.17, 15) is 19.5 Å². The number of aromatic hydroxyl groups is 1.